The van der Waals surface area contributed by atoms with Gasteiger partial charge >= 0.3 is 0 Å². The number of aromatic nitrogens is 1. The Morgan fingerprint density at radius 1 is 1.32 bits per heavy atom. The Bertz CT molecular complexity index is 929. The lowest BCUT2D eigenvalue weighted by Gasteiger charge is -2.07. The third-order valence-electron chi connectivity index (χ3n) is 3.35. The van der Waals surface area contributed by atoms with Gasteiger partial charge in [-0.25, -0.2) is 4.98 Å². The molecule has 2 aromatic heterocycles. The van der Waals surface area contributed by atoms with Crippen LogP contribution in [-0.2, 0) is 6.54 Å². The molecule has 0 aliphatic heterocycles. The first-order valence-corrected chi connectivity index (χ1v) is 8.29. The third kappa shape index (κ3) is 4.01. The summed E-state index contributed by atoms with van der Waals surface area (Å²) >= 11 is 1.35. The summed E-state index contributed by atoms with van der Waals surface area (Å²) in [5.74, 6) is 0.675. The number of anilines is 1. The SMILES string of the molecule is N#Cc1cccc(Oc2ccc(NC(=O)c3sccc3CN)cn2)c1. The summed E-state index contributed by atoms with van der Waals surface area (Å²) in [6, 6.07) is 14.0. The Hall–Kier alpha value is -3.21. The largest absolute Gasteiger partial charge is 0.439 e. The summed E-state index contributed by atoms with van der Waals surface area (Å²) < 4.78 is 5.60. The highest BCUT2D eigenvalue weighted by atomic mass is 32.1. The number of nitrogens with two attached hydrogens (primary N) is 1. The molecular weight excluding hydrogens is 336 g/mol. The Labute approximate surface area is 148 Å². The van der Waals surface area contributed by atoms with Crippen molar-refractivity contribution in [1.82, 2.24) is 4.98 Å². The highest BCUT2D eigenvalue weighted by Crippen LogP contribution is 2.22. The van der Waals surface area contributed by atoms with Gasteiger partial charge in [-0.15, -0.1) is 11.3 Å². The maximum atomic E-state index is 12.3. The van der Waals surface area contributed by atoms with Gasteiger partial charge < -0.3 is 15.8 Å². The van der Waals surface area contributed by atoms with Crippen LogP contribution in [0.25, 0.3) is 0 Å². The van der Waals surface area contributed by atoms with E-state index in [4.69, 9.17) is 15.7 Å². The van der Waals surface area contributed by atoms with E-state index in [1.54, 1.807) is 36.4 Å². The van der Waals surface area contributed by atoms with Gasteiger partial charge in [-0.2, -0.15) is 5.26 Å². The van der Waals surface area contributed by atoms with Crippen LogP contribution in [0.3, 0.4) is 0 Å². The maximum absolute atomic E-state index is 12.3. The number of nitrogens with one attached hydrogen (secondary N) is 1. The lowest BCUT2D eigenvalue weighted by atomic mass is 10.2. The molecule has 3 aromatic rings. The van der Waals surface area contributed by atoms with Crippen LogP contribution < -0.4 is 15.8 Å². The Morgan fingerprint density at radius 3 is 2.92 bits per heavy atom. The van der Waals surface area contributed by atoms with E-state index >= 15 is 0 Å². The number of ether oxygens (including phenoxy) is 1. The summed E-state index contributed by atoms with van der Waals surface area (Å²) in [5, 5.41) is 13.5. The molecule has 0 saturated heterocycles. The summed E-state index contributed by atoms with van der Waals surface area (Å²) in [4.78, 5) is 17.0. The van der Waals surface area contributed by atoms with E-state index in [0.717, 1.165) is 5.56 Å². The first kappa shape index (κ1) is 16.6. The van der Waals surface area contributed by atoms with E-state index in [-0.39, 0.29) is 5.91 Å². The molecule has 0 fully saturated rings. The normalized spacial score (nSPS) is 10.1. The fourth-order valence-corrected chi connectivity index (χ4v) is 2.98. The molecular formula is C18H14N4O2S. The Morgan fingerprint density at radius 2 is 2.20 bits per heavy atom. The minimum absolute atomic E-state index is 0.215. The monoisotopic (exact) mass is 350 g/mol. The van der Waals surface area contributed by atoms with Crippen molar-refractivity contribution in [2.24, 2.45) is 5.73 Å². The highest BCUT2D eigenvalue weighted by Gasteiger charge is 2.12. The number of nitrogens with zero attached hydrogens (tertiary/aromatic N) is 2. The fraction of sp³-hybridized carbons (Fsp3) is 0.0556. The Balaban J connectivity index is 1.68. The molecule has 0 atom stereocenters. The molecule has 0 saturated carbocycles. The van der Waals surface area contributed by atoms with Crippen LogP contribution >= 0.6 is 11.3 Å². The van der Waals surface area contributed by atoms with E-state index in [0.29, 0.717) is 34.3 Å². The fourth-order valence-electron chi connectivity index (χ4n) is 2.15. The van der Waals surface area contributed by atoms with E-state index < -0.39 is 0 Å². The van der Waals surface area contributed by atoms with E-state index in [9.17, 15) is 4.79 Å². The van der Waals surface area contributed by atoms with Gasteiger partial charge in [0.05, 0.1) is 28.4 Å². The van der Waals surface area contributed by atoms with Gasteiger partial charge in [0.2, 0.25) is 5.88 Å². The second kappa shape index (κ2) is 7.57. The zero-order chi connectivity index (χ0) is 17.6. The number of carbonyl (C=O) groups excluding carboxylic acids is 1. The topological polar surface area (TPSA) is 101 Å². The average molecular weight is 350 g/mol. The van der Waals surface area contributed by atoms with Crippen LogP contribution in [0.15, 0.2) is 54.0 Å². The van der Waals surface area contributed by atoms with Crippen molar-refractivity contribution in [2.75, 3.05) is 5.32 Å². The highest BCUT2D eigenvalue weighted by molar-refractivity contribution is 7.12. The van der Waals surface area contributed by atoms with E-state index in [1.807, 2.05) is 11.4 Å². The van der Waals surface area contributed by atoms with Gasteiger partial charge in [-0.1, -0.05) is 6.07 Å². The molecule has 0 aliphatic rings. The van der Waals surface area contributed by atoms with Crippen molar-refractivity contribution >= 4 is 22.9 Å². The number of benzene rings is 1. The van der Waals surface area contributed by atoms with Crippen LogP contribution in [0, 0.1) is 11.3 Å². The molecule has 0 spiro atoms. The minimum Gasteiger partial charge on any atom is -0.439 e. The second-order valence-electron chi connectivity index (χ2n) is 5.06. The number of hydrogen-bond donors (Lipinski definition) is 2. The first-order valence-electron chi connectivity index (χ1n) is 7.41. The standard InChI is InChI=1S/C18H14N4O2S/c19-9-12-2-1-3-15(8-12)24-16-5-4-14(11-21-16)22-18(23)17-13(10-20)6-7-25-17/h1-8,11H,10,20H2,(H,22,23). The smallest absolute Gasteiger partial charge is 0.266 e. The molecule has 0 radical (unpaired) electrons. The van der Waals surface area contributed by atoms with Gasteiger partial charge in [0.15, 0.2) is 0 Å². The number of rotatable bonds is 5. The molecule has 2 heterocycles. The molecule has 1 aromatic carbocycles. The molecule has 0 aliphatic carbocycles. The first-order chi connectivity index (χ1) is 12.2. The number of pyridine rings is 1. The zero-order valence-corrected chi connectivity index (χ0v) is 13.9. The van der Waals surface area contributed by atoms with Gasteiger partial charge in [0.25, 0.3) is 5.91 Å². The van der Waals surface area contributed by atoms with Gasteiger partial charge in [0, 0.05) is 12.6 Å². The number of amides is 1. The quantitative estimate of drug-likeness (QED) is 0.733. The lowest BCUT2D eigenvalue weighted by molar-refractivity contribution is 0.102. The molecule has 1 amide bonds. The zero-order valence-electron chi connectivity index (χ0n) is 13.1. The molecule has 3 N–H and O–H groups in total. The molecule has 6 nitrogen and oxygen atoms in total. The van der Waals surface area contributed by atoms with Crippen molar-refractivity contribution in [3.8, 4) is 17.7 Å². The van der Waals surface area contributed by atoms with Crippen molar-refractivity contribution < 1.29 is 9.53 Å². The van der Waals surface area contributed by atoms with Crippen LogP contribution in [-0.4, -0.2) is 10.9 Å². The van der Waals surface area contributed by atoms with Gasteiger partial charge in [-0.05, 0) is 41.3 Å². The molecule has 7 heteroatoms. The molecule has 0 bridgehead atoms. The summed E-state index contributed by atoms with van der Waals surface area (Å²) in [7, 11) is 0. The molecule has 25 heavy (non-hydrogen) atoms. The van der Waals surface area contributed by atoms with Crippen molar-refractivity contribution in [3.05, 3.63) is 70.0 Å². The lowest BCUT2D eigenvalue weighted by Crippen LogP contribution is -2.13. The van der Waals surface area contributed by atoms with Crippen LogP contribution in [0.1, 0.15) is 20.8 Å². The number of carbonyl (C=O) groups is 1. The van der Waals surface area contributed by atoms with Crippen LogP contribution in [0.2, 0.25) is 0 Å². The second-order valence-corrected chi connectivity index (χ2v) is 5.98. The van der Waals surface area contributed by atoms with Gasteiger partial charge in [0.1, 0.15) is 5.75 Å². The predicted octanol–water partition coefficient (Wildman–Crippen LogP) is 3.52. The number of hydrogen-bond acceptors (Lipinski definition) is 6. The Kier molecular flexibility index (Phi) is 5.04. The average Bonchev–Trinajstić information content (AvgIpc) is 3.12. The predicted molar refractivity (Wildman–Crippen MR) is 95.6 cm³/mol. The van der Waals surface area contributed by atoms with Crippen LogP contribution in [0.4, 0.5) is 5.69 Å². The third-order valence-corrected chi connectivity index (χ3v) is 4.31. The van der Waals surface area contributed by atoms with Gasteiger partial charge in [-0.3, -0.25) is 4.79 Å². The maximum Gasteiger partial charge on any atom is 0.266 e. The van der Waals surface area contributed by atoms with E-state index in [1.165, 1.54) is 17.5 Å². The molecule has 0 unspecified atom stereocenters. The van der Waals surface area contributed by atoms with E-state index in [2.05, 4.69) is 16.4 Å². The summed E-state index contributed by atoms with van der Waals surface area (Å²) in [6.45, 7) is 0.318. The molecule has 3 rings (SSSR count). The minimum atomic E-state index is -0.215. The number of nitriles is 1. The summed E-state index contributed by atoms with van der Waals surface area (Å²) in [6.07, 6.45) is 1.51. The van der Waals surface area contributed by atoms with Crippen molar-refractivity contribution in [3.63, 3.8) is 0 Å². The summed E-state index contributed by atoms with van der Waals surface area (Å²) in [5.41, 5.74) is 7.49. The van der Waals surface area contributed by atoms with Crippen LogP contribution in [0.5, 0.6) is 11.6 Å². The van der Waals surface area contributed by atoms with Crippen molar-refractivity contribution in [1.29, 1.82) is 5.26 Å². The number of thiophene rings is 1. The molecule has 124 valence electrons. The van der Waals surface area contributed by atoms with Crippen molar-refractivity contribution in [2.45, 2.75) is 6.54 Å².